The summed E-state index contributed by atoms with van der Waals surface area (Å²) in [5.41, 5.74) is 6.39. The number of nitrogens with one attached hydrogen (secondary N) is 2. The van der Waals surface area contributed by atoms with Gasteiger partial charge in [0.1, 0.15) is 6.04 Å². The Balaban J connectivity index is 1.80. The van der Waals surface area contributed by atoms with Gasteiger partial charge in [-0.25, -0.2) is 0 Å². The first-order valence-corrected chi connectivity index (χ1v) is 11.6. The molecule has 4 N–H and O–H groups in total. The number of carbonyl (C=O) groups excluding carboxylic acids is 2. The first-order valence-electron chi connectivity index (χ1n) is 10.1. The van der Waals surface area contributed by atoms with E-state index in [1.807, 2.05) is 38.1 Å². The van der Waals surface area contributed by atoms with E-state index in [-0.39, 0.29) is 11.8 Å². The zero-order valence-electron chi connectivity index (χ0n) is 17.5. The zero-order chi connectivity index (χ0) is 22.8. The minimum Gasteiger partial charge on any atom is -0.352 e. The standard InChI is InChI=1S/C23H26BrCl2N3O2/c1-22(2,27)13-28-20(30)19(11-14-3-5-15(24)6-4-14)29-21(31)23(9-10-23)17-8-7-16(25)12-18(17)26/h3-8,12,19H,9-11,13,27H2,1-2H3,(H,28,30)(H,29,31). The molecule has 2 aromatic carbocycles. The van der Waals surface area contributed by atoms with E-state index in [0.29, 0.717) is 35.9 Å². The van der Waals surface area contributed by atoms with Crippen molar-refractivity contribution in [2.75, 3.05) is 6.54 Å². The van der Waals surface area contributed by atoms with Crippen molar-refractivity contribution in [1.29, 1.82) is 0 Å². The summed E-state index contributed by atoms with van der Waals surface area (Å²) in [5, 5.41) is 6.80. The molecule has 1 saturated carbocycles. The lowest BCUT2D eigenvalue weighted by atomic mass is 9.94. The third-order valence-electron chi connectivity index (χ3n) is 5.32. The van der Waals surface area contributed by atoms with Gasteiger partial charge in [0, 0.05) is 33.0 Å². The number of carbonyl (C=O) groups is 2. The third-order valence-corrected chi connectivity index (χ3v) is 6.40. The van der Waals surface area contributed by atoms with Gasteiger partial charge < -0.3 is 16.4 Å². The van der Waals surface area contributed by atoms with E-state index in [9.17, 15) is 9.59 Å². The van der Waals surface area contributed by atoms with Crippen LogP contribution in [0, 0.1) is 0 Å². The molecule has 0 bridgehead atoms. The number of hydrogen-bond acceptors (Lipinski definition) is 3. The maximum absolute atomic E-state index is 13.3. The highest BCUT2D eigenvalue weighted by Crippen LogP contribution is 2.51. The SMILES string of the molecule is CC(C)(N)CNC(=O)C(Cc1ccc(Br)cc1)NC(=O)C1(c2ccc(Cl)cc2Cl)CC1. The van der Waals surface area contributed by atoms with Gasteiger partial charge in [0.2, 0.25) is 11.8 Å². The molecule has 2 aromatic rings. The van der Waals surface area contributed by atoms with Crippen LogP contribution in [0.5, 0.6) is 0 Å². The molecule has 8 heteroatoms. The normalized spacial score (nSPS) is 15.8. The maximum atomic E-state index is 13.3. The van der Waals surface area contributed by atoms with Crippen LogP contribution in [0.4, 0.5) is 0 Å². The fourth-order valence-electron chi connectivity index (χ4n) is 3.42. The second kappa shape index (κ2) is 9.49. The lowest BCUT2D eigenvalue weighted by Crippen LogP contribution is -2.54. The summed E-state index contributed by atoms with van der Waals surface area (Å²) in [6.45, 7) is 3.96. The molecule has 3 rings (SSSR count). The fraction of sp³-hybridized carbons (Fsp3) is 0.391. The molecular weight excluding hydrogens is 501 g/mol. The second-order valence-corrected chi connectivity index (χ2v) is 10.5. The average Bonchev–Trinajstić information content (AvgIpc) is 3.48. The molecule has 1 fully saturated rings. The Labute approximate surface area is 201 Å². The Morgan fingerprint density at radius 3 is 2.35 bits per heavy atom. The van der Waals surface area contributed by atoms with Crippen molar-refractivity contribution >= 4 is 50.9 Å². The summed E-state index contributed by atoms with van der Waals surface area (Å²) in [7, 11) is 0. The van der Waals surface area contributed by atoms with Gasteiger partial charge in [-0.05, 0) is 62.1 Å². The van der Waals surface area contributed by atoms with Crippen LogP contribution >= 0.6 is 39.1 Å². The van der Waals surface area contributed by atoms with E-state index in [0.717, 1.165) is 15.6 Å². The average molecular weight is 527 g/mol. The van der Waals surface area contributed by atoms with E-state index >= 15 is 0 Å². The number of benzene rings is 2. The minimum absolute atomic E-state index is 0.207. The molecule has 0 heterocycles. The second-order valence-electron chi connectivity index (χ2n) is 8.77. The highest BCUT2D eigenvalue weighted by molar-refractivity contribution is 9.10. The Kier molecular flexibility index (Phi) is 7.36. The largest absolute Gasteiger partial charge is 0.352 e. The Bertz CT molecular complexity index is 970. The molecule has 1 aliphatic carbocycles. The van der Waals surface area contributed by atoms with Crippen molar-refractivity contribution in [3.63, 3.8) is 0 Å². The van der Waals surface area contributed by atoms with Gasteiger partial charge in [-0.15, -0.1) is 0 Å². The molecule has 0 saturated heterocycles. The van der Waals surface area contributed by atoms with Crippen LogP contribution in [0.2, 0.25) is 10.0 Å². The highest BCUT2D eigenvalue weighted by Gasteiger charge is 2.53. The minimum atomic E-state index is -0.737. The molecule has 31 heavy (non-hydrogen) atoms. The van der Waals surface area contributed by atoms with Gasteiger partial charge in [-0.3, -0.25) is 9.59 Å². The van der Waals surface area contributed by atoms with Crippen LogP contribution in [0.1, 0.15) is 37.8 Å². The van der Waals surface area contributed by atoms with Crippen LogP contribution < -0.4 is 16.4 Å². The number of hydrogen-bond donors (Lipinski definition) is 3. The van der Waals surface area contributed by atoms with Gasteiger partial charge in [-0.2, -0.15) is 0 Å². The van der Waals surface area contributed by atoms with Crippen LogP contribution in [0.3, 0.4) is 0 Å². The van der Waals surface area contributed by atoms with Crippen molar-refractivity contribution in [3.8, 4) is 0 Å². The Morgan fingerprint density at radius 2 is 1.81 bits per heavy atom. The summed E-state index contributed by atoms with van der Waals surface area (Å²) >= 11 is 15.8. The Morgan fingerprint density at radius 1 is 1.16 bits per heavy atom. The van der Waals surface area contributed by atoms with E-state index in [4.69, 9.17) is 28.9 Å². The number of rotatable bonds is 8. The molecule has 1 unspecified atom stereocenters. The maximum Gasteiger partial charge on any atom is 0.242 e. The molecule has 1 atom stereocenters. The molecule has 0 spiro atoms. The van der Waals surface area contributed by atoms with Crippen LogP contribution in [-0.2, 0) is 21.4 Å². The van der Waals surface area contributed by atoms with Crippen molar-refractivity contribution in [2.45, 2.75) is 50.1 Å². The van der Waals surface area contributed by atoms with Gasteiger partial charge in [-0.1, -0.05) is 57.3 Å². The quantitative estimate of drug-likeness (QED) is 0.477. The van der Waals surface area contributed by atoms with Crippen LogP contribution in [0.15, 0.2) is 46.9 Å². The van der Waals surface area contributed by atoms with Crippen molar-refractivity contribution in [3.05, 3.63) is 68.1 Å². The van der Waals surface area contributed by atoms with E-state index in [2.05, 4.69) is 26.6 Å². The van der Waals surface area contributed by atoms with Crippen LogP contribution in [-0.4, -0.2) is 29.9 Å². The zero-order valence-corrected chi connectivity index (χ0v) is 20.6. The predicted molar refractivity (Wildman–Crippen MR) is 128 cm³/mol. The van der Waals surface area contributed by atoms with E-state index < -0.39 is 17.0 Å². The summed E-state index contributed by atoms with van der Waals surface area (Å²) < 4.78 is 0.945. The number of amides is 2. The lowest BCUT2D eigenvalue weighted by molar-refractivity contribution is -0.130. The van der Waals surface area contributed by atoms with Crippen molar-refractivity contribution < 1.29 is 9.59 Å². The molecular formula is C23H26BrCl2N3O2. The van der Waals surface area contributed by atoms with Gasteiger partial charge in [0.25, 0.3) is 0 Å². The van der Waals surface area contributed by atoms with Gasteiger partial charge >= 0.3 is 0 Å². The molecule has 0 aliphatic heterocycles. The summed E-state index contributed by atoms with van der Waals surface area (Å²) in [4.78, 5) is 26.3. The number of halogens is 3. The molecule has 0 aromatic heterocycles. The highest BCUT2D eigenvalue weighted by atomic mass is 79.9. The molecule has 5 nitrogen and oxygen atoms in total. The lowest BCUT2D eigenvalue weighted by Gasteiger charge is -2.25. The van der Waals surface area contributed by atoms with Gasteiger partial charge in [0.15, 0.2) is 0 Å². The van der Waals surface area contributed by atoms with E-state index in [1.54, 1.807) is 18.2 Å². The van der Waals surface area contributed by atoms with E-state index in [1.165, 1.54) is 0 Å². The third kappa shape index (κ3) is 6.22. The van der Waals surface area contributed by atoms with Crippen molar-refractivity contribution in [1.82, 2.24) is 10.6 Å². The molecule has 2 amide bonds. The van der Waals surface area contributed by atoms with Crippen molar-refractivity contribution in [2.24, 2.45) is 5.73 Å². The fourth-order valence-corrected chi connectivity index (χ4v) is 4.27. The summed E-state index contributed by atoms with van der Waals surface area (Å²) in [6.07, 6.45) is 1.70. The predicted octanol–water partition coefficient (Wildman–Crippen LogP) is 4.37. The molecule has 0 radical (unpaired) electrons. The Hall–Kier alpha value is -1.60. The van der Waals surface area contributed by atoms with Crippen LogP contribution in [0.25, 0.3) is 0 Å². The summed E-state index contributed by atoms with van der Waals surface area (Å²) in [6, 6.07) is 12.1. The first kappa shape index (κ1) is 24.1. The van der Waals surface area contributed by atoms with Gasteiger partial charge in [0.05, 0.1) is 5.41 Å². The summed E-state index contributed by atoms with van der Waals surface area (Å²) in [5.74, 6) is -0.478. The molecule has 1 aliphatic rings. The first-order chi connectivity index (χ1) is 14.5. The monoisotopic (exact) mass is 525 g/mol. The smallest absolute Gasteiger partial charge is 0.242 e. The molecule has 166 valence electrons. The topological polar surface area (TPSA) is 84.2 Å². The number of nitrogens with two attached hydrogens (primary N) is 1.